The van der Waals surface area contributed by atoms with Crippen molar-refractivity contribution in [1.82, 2.24) is 0 Å². The van der Waals surface area contributed by atoms with Gasteiger partial charge in [0.15, 0.2) is 6.10 Å². The molecule has 0 saturated heterocycles. The zero-order chi connectivity index (χ0) is 44.6. The molecular formula is C51H86NO8P. The van der Waals surface area contributed by atoms with Gasteiger partial charge in [0.05, 0.1) is 13.2 Å². The van der Waals surface area contributed by atoms with Crippen molar-refractivity contribution < 1.29 is 37.6 Å². The van der Waals surface area contributed by atoms with Crippen molar-refractivity contribution >= 4 is 19.8 Å². The van der Waals surface area contributed by atoms with Gasteiger partial charge in [0.2, 0.25) is 0 Å². The molecule has 2 atom stereocenters. The molecule has 348 valence electrons. The fourth-order valence-corrected chi connectivity index (χ4v) is 6.67. The Kier molecular flexibility index (Phi) is 44.1. The van der Waals surface area contributed by atoms with E-state index in [1.807, 2.05) is 6.08 Å². The van der Waals surface area contributed by atoms with E-state index in [1.54, 1.807) is 0 Å². The second-order valence-corrected chi connectivity index (χ2v) is 16.7. The smallest absolute Gasteiger partial charge is 0.462 e. The lowest BCUT2D eigenvalue weighted by atomic mass is 10.1. The normalized spacial score (nSPS) is 14.1. The SMILES string of the molecule is CCCCC/C=C/C/C=C/C/C=C/C/C=C/CCCCCC(=O)O[C@H](COC(=O)CCC/C=C/C/C=C/C/C=C/C/C=C/CCCCCCCCC)COP(=O)(O)OCCN. The minimum Gasteiger partial charge on any atom is -0.462 e. The van der Waals surface area contributed by atoms with Crippen LogP contribution in [0.2, 0.25) is 0 Å². The van der Waals surface area contributed by atoms with Crippen LogP contribution in [-0.2, 0) is 32.7 Å². The van der Waals surface area contributed by atoms with Crippen LogP contribution in [0.5, 0.6) is 0 Å². The number of carbonyl (C=O) groups is 2. The minimum atomic E-state index is -4.41. The number of hydrogen-bond donors (Lipinski definition) is 2. The van der Waals surface area contributed by atoms with Gasteiger partial charge in [-0.2, -0.15) is 0 Å². The number of unbranched alkanes of at least 4 members (excludes halogenated alkanes) is 14. The fourth-order valence-electron chi connectivity index (χ4n) is 5.90. The maximum absolute atomic E-state index is 12.6. The number of phosphoric ester groups is 1. The summed E-state index contributed by atoms with van der Waals surface area (Å²) < 4.78 is 32.8. The number of esters is 2. The first-order valence-corrected chi connectivity index (χ1v) is 25.2. The van der Waals surface area contributed by atoms with Gasteiger partial charge >= 0.3 is 19.8 Å². The van der Waals surface area contributed by atoms with Crippen LogP contribution in [0.1, 0.15) is 181 Å². The molecule has 3 N–H and O–H groups in total. The number of allylic oxidation sites excluding steroid dienone is 16. The standard InChI is InChI=1S/C51H86NO8P/c1-3-5-7-9-11-13-15-17-19-21-23-24-26-27-29-31-33-35-37-39-41-43-50(53)57-47-49(48-59-61(55,56)58-46-45-52)60-51(54)44-42-40-38-36-34-32-30-28-25-22-20-18-16-14-12-10-8-6-4-2/h12,14,18-21,24-26,28-29,31-32,34-35,37,49H,3-11,13,15-17,22-23,27,30,33,36,38-48,52H2,1-2H3,(H,55,56)/b14-12+,20-18+,21-19+,26-24+,28-25+,31-29+,34-32+,37-35+/t49-/m1/s1. The number of rotatable bonds is 43. The quantitative estimate of drug-likeness (QED) is 0.0266. The highest BCUT2D eigenvalue weighted by molar-refractivity contribution is 7.47. The molecule has 0 aliphatic carbocycles. The van der Waals surface area contributed by atoms with E-state index < -0.39 is 32.5 Å². The maximum atomic E-state index is 12.6. The molecule has 1 unspecified atom stereocenters. The Labute approximate surface area is 372 Å². The Morgan fingerprint density at radius 3 is 1.34 bits per heavy atom. The molecule has 0 aromatic rings. The lowest BCUT2D eigenvalue weighted by Gasteiger charge is -2.19. The van der Waals surface area contributed by atoms with Crippen LogP contribution in [0.3, 0.4) is 0 Å². The second-order valence-electron chi connectivity index (χ2n) is 15.3. The molecule has 0 spiro atoms. The molecule has 0 aromatic heterocycles. The van der Waals surface area contributed by atoms with Gasteiger partial charge in [-0.3, -0.25) is 18.6 Å². The number of nitrogens with two attached hydrogens (primary N) is 1. The van der Waals surface area contributed by atoms with Crippen LogP contribution in [-0.4, -0.2) is 49.3 Å². The van der Waals surface area contributed by atoms with Crippen LogP contribution < -0.4 is 5.73 Å². The van der Waals surface area contributed by atoms with E-state index in [0.717, 1.165) is 64.2 Å². The van der Waals surface area contributed by atoms with Gasteiger partial charge < -0.3 is 20.1 Å². The molecule has 61 heavy (non-hydrogen) atoms. The summed E-state index contributed by atoms with van der Waals surface area (Å²) in [4.78, 5) is 34.9. The monoisotopic (exact) mass is 872 g/mol. The van der Waals surface area contributed by atoms with Crippen molar-refractivity contribution in [3.05, 3.63) is 97.2 Å². The fraction of sp³-hybridized carbons (Fsp3) is 0.647. The van der Waals surface area contributed by atoms with E-state index in [2.05, 4.69) is 105 Å². The van der Waals surface area contributed by atoms with Crippen LogP contribution in [0.4, 0.5) is 0 Å². The third kappa shape index (κ3) is 46.3. The van der Waals surface area contributed by atoms with Crippen molar-refractivity contribution in [2.45, 2.75) is 187 Å². The molecule has 9 nitrogen and oxygen atoms in total. The first-order chi connectivity index (χ1) is 29.8. The Morgan fingerprint density at radius 1 is 0.492 bits per heavy atom. The average molecular weight is 872 g/mol. The van der Waals surface area contributed by atoms with Gasteiger partial charge in [-0.15, -0.1) is 0 Å². The topological polar surface area (TPSA) is 134 Å². The molecule has 0 aliphatic rings. The molecule has 0 aromatic carbocycles. The van der Waals surface area contributed by atoms with Gasteiger partial charge in [-0.25, -0.2) is 4.57 Å². The largest absolute Gasteiger partial charge is 0.472 e. The van der Waals surface area contributed by atoms with Crippen molar-refractivity contribution in [3.8, 4) is 0 Å². The highest BCUT2D eigenvalue weighted by Crippen LogP contribution is 2.43. The van der Waals surface area contributed by atoms with Crippen molar-refractivity contribution in [2.75, 3.05) is 26.4 Å². The van der Waals surface area contributed by atoms with Gasteiger partial charge in [-0.1, -0.05) is 169 Å². The minimum absolute atomic E-state index is 0.0353. The molecule has 0 aliphatic heterocycles. The predicted octanol–water partition coefficient (Wildman–Crippen LogP) is 14.2. The highest BCUT2D eigenvalue weighted by atomic mass is 31.2. The summed E-state index contributed by atoms with van der Waals surface area (Å²) >= 11 is 0. The van der Waals surface area contributed by atoms with E-state index in [0.29, 0.717) is 12.8 Å². The number of hydrogen-bond acceptors (Lipinski definition) is 8. The predicted molar refractivity (Wildman–Crippen MR) is 256 cm³/mol. The van der Waals surface area contributed by atoms with Gasteiger partial charge in [0.25, 0.3) is 0 Å². The molecule has 0 bridgehead atoms. The lowest BCUT2D eigenvalue weighted by molar-refractivity contribution is -0.161. The average Bonchev–Trinajstić information content (AvgIpc) is 3.25. The first kappa shape index (κ1) is 57.9. The molecule has 0 rings (SSSR count). The van der Waals surface area contributed by atoms with E-state index in [4.69, 9.17) is 24.3 Å². The van der Waals surface area contributed by atoms with Crippen LogP contribution in [0.15, 0.2) is 97.2 Å². The number of carbonyl (C=O) groups excluding carboxylic acids is 2. The zero-order valence-electron chi connectivity index (χ0n) is 38.4. The molecular weight excluding hydrogens is 786 g/mol. The number of ether oxygens (including phenoxy) is 2. The van der Waals surface area contributed by atoms with E-state index in [-0.39, 0.29) is 32.6 Å². The van der Waals surface area contributed by atoms with Crippen molar-refractivity contribution in [1.29, 1.82) is 0 Å². The molecule has 10 heteroatoms. The van der Waals surface area contributed by atoms with Crippen molar-refractivity contribution in [3.63, 3.8) is 0 Å². The van der Waals surface area contributed by atoms with Crippen LogP contribution in [0, 0.1) is 0 Å². The van der Waals surface area contributed by atoms with E-state index in [1.165, 1.54) is 77.0 Å². The Morgan fingerprint density at radius 2 is 0.869 bits per heavy atom. The summed E-state index contributed by atoms with van der Waals surface area (Å²) in [5.74, 6) is -0.938. The zero-order valence-corrected chi connectivity index (χ0v) is 39.3. The molecule has 0 radical (unpaired) electrons. The molecule has 0 heterocycles. The van der Waals surface area contributed by atoms with E-state index in [9.17, 15) is 19.0 Å². The Hall–Kier alpha value is -3.07. The van der Waals surface area contributed by atoms with Crippen LogP contribution >= 0.6 is 7.82 Å². The van der Waals surface area contributed by atoms with Crippen LogP contribution in [0.25, 0.3) is 0 Å². The molecule has 0 saturated carbocycles. The number of phosphoric acid groups is 1. The summed E-state index contributed by atoms with van der Waals surface area (Å²) in [6.45, 7) is 3.59. The molecule has 0 fully saturated rings. The highest BCUT2D eigenvalue weighted by Gasteiger charge is 2.26. The summed E-state index contributed by atoms with van der Waals surface area (Å²) in [7, 11) is -4.41. The third-order valence-electron chi connectivity index (χ3n) is 9.44. The van der Waals surface area contributed by atoms with Crippen molar-refractivity contribution in [2.24, 2.45) is 5.73 Å². The lowest BCUT2D eigenvalue weighted by Crippen LogP contribution is -2.29. The second kappa shape index (κ2) is 46.4. The summed E-state index contributed by atoms with van der Waals surface area (Å²) in [5.41, 5.74) is 5.35. The third-order valence-corrected chi connectivity index (χ3v) is 10.4. The van der Waals surface area contributed by atoms with Gasteiger partial charge in [0, 0.05) is 19.4 Å². The van der Waals surface area contributed by atoms with E-state index >= 15 is 0 Å². The summed E-state index contributed by atoms with van der Waals surface area (Å²) in [5, 5.41) is 0. The Bertz CT molecular complexity index is 1320. The maximum Gasteiger partial charge on any atom is 0.472 e. The Balaban J connectivity index is 4.29. The summed E-state index contributed by atoms with van der Waals surface area (Å²) in [6, 6.07) is 0. The first-order valence-electron chi connectivity index (χ1n) is 23.7. The van der Waals surface area contributed by atoms with Gasteiger partial charge in [-0.05, 0) is 96.3 Å². The van der Waals surface area contributed by atoms with Gasteiger partial charge in [0.1, 0.15) is 6.61 Å². The molecule has 0 amide bonds. The summed E-state index contributed by atoms with van der Waals surface area (Å²) in [6.07, 6.45) is 60.2.